The van der Waals surface area contributed by atoms with Gasteiger partial charge in [-0.05, 0) is 42.0 Å². The van der Waals surface area contributed by atoms with Gasteiger partial charge in [0.25, 0.3) is 0 Å². The molecular weight excluding hydrogens is 667 g/mol. The fraction of sp³-hybridized carbons (Fsp3) is 0.167. The number of hydrogen-bond donors (Lipinski definition) is 1. The van der Waals surface area contributed by atoms with Crippen LogP contribution in [0, 0.1) is 4.64 Å². The number of aromatic amines is 1. The van der Waals surface area contributed by atoms with Crippen LogP contribution >= 0.6 is 24.0 Å². The minimum absolute atomic E-state index is 0.110. The summed E-state index contributed by atoms with van der Waals surface area (Å²) in [5.74, 6) is -1.67. The summed E-state index contributed by atoms with van der Waals surface area (Å²) in [6.45, 7) is -0.413. The van der Waals surface area contributed by atoms with Gasteiger partial charge in [-0.1, -0.05) is 109 Å². The Morgan fingerprint density at radius 1 is 0.735 bits per heavy atom. The summed E-state index contributed by atoms with van der Waals surface area (Å²) in [7, 11) is 0. The number of aromatic nitrogens is 3. The first-order valence-electron chi connectivity index (χ1n) is 15.2. The van der Waals surface area contributed by atoms with Gasteiger partial charge < -0.3 is 18.9 Å². The highest BCUT2D eigenvalue weighted by Gasteiger charge is 2.52. The Balaban J connectivity index is 1.37. The molecule has 1 fully saturated rings. The molecule has 1 N–H and O–H groups in total. The average Bonchev–Trinajstić information content (AvgIpc) is 3.47. The van der Waals surface area contributed by atoms with Crippen LogP contribution in [-0.4, -0.2) is 57.6 Å². The summed E-state index contributed by atoms with van der Waals surface area (Å²) in [4.78, 5) is 55.8. The molecule has 1 aliphatic heterocycles. The van der Waals surface area contributed by atoms with E-state index >= 15 is 0 Å². The van der Waals surface area contributed by atoms with Gasteiger partial charge in [-0.3, -0.25) is 4.98 Å². The van der Waals surface area contributed by atoms with Crippen molar-refractivity contribution in [1.29, 1.82) is 0 Å². The van der Waals surface area contributed by atoms with Crippen LogP contribution in [0.2, 0.25) is 0 Å². The Morgan fingerprint density at radius 3 is 1.78 bits per heavy atom. The van der Waals surface area contributed by atoms with Crippen LogP contribution < -0.4 is 5.69 Å². The maximum Gasteiger partial charge on any atom is 0.345 e. The smallest absolute Gasteiger partial charge is 0.345 e. The number of carbonyl (C=O) groups is 3. The van der Waals surface area contributed by atoms with Crippen LogP contribution in [-0.2, 0) is 24.7 Å². The summed E-state index contributed by atoms with van der Waals surface area (Å²) in [5, 5.41) is 4.83. The number of thioether (sulfide) groups is 1. The monoisotopic (exact) mass is 695 g/mol. The van der Waals surface area contributed by atoms with Crippen molar-refractivity contribution < 1.29 is 33.3 Å². The van der Waals surface area contributed by atoms with E-state index in [1.165, 1.54) is 11.8 Å². The second-order valence-corrected chi connectivity index (χ2v) is 12.2. The molecular formula is C36H29N3O8S2. The molecule has 13 heteroatoms. The largest absolute Gasteiger partial charge is 0.459 e. The molecule has 0 amide bonds. The van der Waals surface area contributed by atoms with E-state index in [0.717, 1.165) is 10.2 Å². The first kappa shape index (κ1) is 33.5. The fourth-order valence-electron chi connectivity index (χ4n) is 5.04. The van der Waals surface area contributed by atoms with Crippen LogP contribution in [0.1, 0.15) is 42.9 Å². The standard InChI is InChI=1S/C36H29N3O8S2/c40-33(24-15-7-2-8-16-24)44-21-27-28(46-34(41)25-17-9-3-10-18-25)29(47-35(42)26-19-11-4-12-20-26)32(45-27)39-36(43)37-30(48)31(38-39)49-22-23-13-5-1-6-14-23/h1-20,27-29,32H,21-22H2,(H,37,43,48)/t27-,28+,29-,32+/m0/s1. The van der Waals surface area contributed by atoms with Crippen LogP contribution in [0.15, 0.2) is 131 Å². The number of benzene rings is 4. The molecule has 4 atom stereocenters. The highest BCUT2D eigenvalue weighted by atomic mass is 32.2. The second kappa shape index (κ2) is 15.7. The lowest BCUT2D eigenvalue weighted by atomic mass is 10.1. The van der Waals surface area contributed by atoms with E-state index in [4.69, 9.17) is 31.2 Å². The van der Waals surface area contributed by atoms with Crippen molar-refractivity contribution in [3.63, 3.8) is 0 Å². The van der Waals surface area contributed by atoms with E-state index < -0.39 is 54.7 Å². The third kappa shape index (κ3) is 8.20. The zero-order chi connectivity index (χ0) is 34.2. The molecule has 11 nitrogen and oxygen atoms in total. The summed E-state index contributed by atoms with van der Waals surface area (Å²) >= 11 is 6.71. The number of ether oxygens (including phenoxy) is 4. The van der Waals surface area contributed by atoms with Crippen LogP contribution in [0.5, 0.6) is 0 Å². The van der Waals surface area contributed by atoms with Gasteiger partial charge in [-0.2, -0.15) is 9.78 Å². The molecule has 0 saturated carbocycles. The Hall–Kier alpha value is -5.37. The normalized spacial score (nSPS) is 18.4. The third-order valence-electron chi connectivity index (χ3n) is 7.46. The SMILES string of the molecule is O=C(OC[C@@H]1O[C@@H](n2nc(SCc3ccccc3)c(=S)[nH]c2=O)[C@@H](OC(=O)c2ccccc2)[C@@H]1OC(=O)c1ccccc1)c1ccccc1. The lowest BCUT2D eigenvalue weighted by Crippen LogP contribution is -2.43. The molecule has 248 valence electrons. The third-order valence-corrected chi connectivity index (χ3v) is 8.92. The number of nitrogens with one attached hydrogen (secondary N) is 1. The van der Waals surface area contributed by atoms with Crippen LogP contribution in [0.25, 0.3) is 0 Å². The van der Waals surface area contributed by atoms with E-state index in [1.54, 1.807) is 91.0 Å². The molecule has 0 spiro atoms. The van der Waals surface area contributed by atoms with Crippen molar-refractivity contribution >= 4 is 41.9 Å². The zero-order valence-electron chi connectivity index (χ0n) is 25.7. The highest BCUT2D eigenvalue weighted by molar-refractivity contribution is 7.98. The lowest BCUT2D eigenvalue weighted by Gasteiger charge is -2.24. The predicted octanol–water partition coefficient (Wildman–Crippen LogP) is 5.80. The van der Waals surface area contributed by atoms with Gasteiger partial charge in [0.05, 0.1) is 16.7 Å². The van der Waals surface area contributed by atoms with Crippen molar-refractivity contribution in [3.8, 4) is 0 Å². The lowest BCUT2D eigenvalue weighted by molar-refractivity contribution is -0.0706. The van der Waals surface area contributed by atoms with Crippen molar-refractivity contribution in [3.05, 3.63) is 159 Å². The molecule has 1 aromatic heterocycles. The molecule has 49 heavy (non-hydrogen) atoms. The van der Waals surface area contributed by atoms with E-state index in [1.807, 2.05) is 30.3 Å². The second-order valence-electron chi connectivity index (χ2n) is 10.8. The summed E-state index contributed by atoms with van der Waals surface area (Å²) in [6, 6.07) is 34.3. The Bertz CT molecular complexity index is 2030. The first-order chi connectivity index (χ1) is 23.9. The number of carbonyl (C=O) groups excluding carboxylic acids is 3. The number of rotatable bonds is 11. The summed E-state index contributed by atoms with van der Waals surface area (Å²) in [6.07, 6.45) is -5.36. The van der Waals surface area contributed by atoms with Crippen molar-refractivity contribution in [2.24, 2.45) is 0 Å². The van der Waals surface area contributed by atoms with Gasteiger partial charge >= 0.3 is 23.6 Å². The highest BCUT2D eigenvalue weighted by Crippen LogP contribution is 2.35. The van der Waals surface area contributed by atoms with Gasteiger partial charge in [0.15, 0.2) is 23.5 Å². The minimum atomic E-state index is -1.42. The fourth-order valence-corrected chi connectivity index (χ4v) is 6.17. The number of hydrogen-bond acceptors (Lipinski definition) is 11. The Morgan fingerprint density at radius 2 is 1.22 bits per heavy atom. The Labute approximate surface area is 289 Å². The van der Waals surface area contributed by atoms with Crippen LogP contribution in [0.4, 0.5) is 0 Å². The number of esters is 3. The van der Waals surface area contributed by atoms with E-state index in [-0.39, 0.29) is 21.3 Å². The molecule has 0 bridgehead atoms. The molecule has 1 saturated heterocycles. The topological polar surface area (TPSA) is 139 Å². The summed E-state index contributed by atoms with van der Waals surface area (Å²) in [5.41, 5.74) is 0.963. The minimum Gasteiger partial charge on any atom is -0.459 e. The van der Waals surface area contributed by atoms with Crippen LogP contribution in [0.3, 0.4) is 0 Å². The van der Waals surface area contributed by atoms with E-state index in [2.05, 4.69) is 10.1 Å². The quantitative estimate of drug-likeness (QED) is 0.0777. The average molecular weight is 696 g/mol. The van der Waals surface area contributed by atoms with Crippen molar-refractivity contribution in [2.75, 3.05) is 6.61 Å². The molecule has 2 heterocycles. The van der Waals surface area contributed by atoms with Gasteiger partial charge in [0.1, 0.15) is 17.4 Å². The predicted molar refractivity (Wildman–Crippen MR) is 182 cm³/mol. The van der Waals surface area contributed by atoms with Gasteiger partial charge in [0, 0.05) is 5.75 Å². The van der Waals surface area contributed by atoms with Gasteiger partial charge in [0.2, 0.25) is 0 Å². The molecule has 1 aliphatic rings. The van der Waals surface area contributed by atoms with Crippen molar-refractivity contribution in [2.45, 2.75) is 35.3 Å². The maximum absolute atomic E-state index is 13.5. The maximum atomic E-state index is 13.5. The molecule has 4 aromatic carbocycles. The van der Waals surface area contributed by atoms with Gasteiger partial charge in [-0.15, -0.1) is 0 Å². The molecule has 0 aliphatic carbocycles. The molecule has 0 radical (unpaired) electrons. The van der Waals surface area contributed by atoms with E-state index in [9.17, 15) is 19.2 Å². The molecule has 0 unspecified atom stereocenters. The molecule has 5 aromatic rings. The Kier molecular flexibility index (Phi) is 10.7. The van der Waals surface area contributed by atoms with E-state index in [0.29, 0.717) is 10.8 Å². The van der Waals surface area contributed by atoms with Crippen molar-refractivity contribution in [1.82, 2.24) is 14.8 Å². The number of nitrogens with zero attached hydrogens (tertiary/aromatic N) is 2. The zero-order valence-corrected chi connectivity index (χ0v) is 27.4. The van der Waals surface area contributed by atoms with Gasteiger partial charge in [-0.25, -0.2) is 19.2 Å². The number of H-pyrrole nitrogens is 1. The molecule has 6 rings (SSSR count). The summed E-state index contributed by atoms with van der Waals surface area (Å²) < 4.78 is 24.8. The first-order valence-corrected chi connectivity index (χ1v) is 16.6.